The molecule has 1 aliphatic heterocycles. The predicted octanol–water partition coefficient (Wildman–Crippen LogP) is 2.78. The Kier molecular flexibility index (Phi) is 4.53. The Bertz CT molecular complexity index is 357. The maximum absolute atomic E-state index is 5.56. The second kappa shape index (κ2) is 5.93. The Morgan fingerprint density at radius 3 is 2.76 bits per heavy atom. The maximum Gasteiger partial charge on any atom is 0.193 e. The van der Waals surface area contributed by atoms with Gasteiger partial charge in [0.2, 0.25) is 0 Å². The van der Waals surface area contributed by atoms with E-state index in [9.17, 15) is 0 Å². The summed E-state index contributed by atoms with van der Waals surface area (Å²) >= 11 is 1.67. The second-order valence-electron chi connectivity index (χ2n) is 3.77. The molecule has 1 aromatic heterocycles. The van der Waals surface area contributed by atoms with E-state index < -0.39 is 0 Å². The lowest BCUT2D eigenvalue weighted by Crippen LogP contribution is -2.09. The highest BCUT2D eigenvalue weighted by Gasteiger charge is 2.27. The van der Waals surface area contributed by atoms with Crippen LogP contribution in [0.1, 0.15) is 34.8 Å². The summed E-state index contributed by atoms with van der Waals surface area (Å²) in [6.07, 6.45) is -0.602. The van der Waals surface area contributed by atoms with Crippen molar-refractivity contribution in [2.75, 3.05) is 26.9 Å². The van der Waals surface area contributed by atoms with Gasteiger partial charge >= 0.3 is 0 Å². The van der Waals surface area contributed by atoms with E-state index in [0.717, 1.165) is 10.4 Å². The Labute approximate surface area is 105 Å². The molecular weight excluding hydrogens is 240 g/mol. The zero-order valence-electron chi connectivity index (χ0n) is 10.4. The fourth-order valence-corrected chi connectivity index (χ4v) is 2.90. The van der Waals surface area contributed by atoms with Crippen LogP contribution < -0.4 is 0 Å². The van der Waals surface area contributed by atoms with Crippen LogP contribution >= 0.6 is 11.3 Å². The van der Waals surface area contributed by atoms with Gasteiger partial charge in [-0.2, -0.15) is 0 Å². The van der Waals surface area contributed by atoms with E-state index in [-0.39, 0.29) is 12.6 Å². The molecule has 2 rings (SSSR count). The summed E-state index contributed by atoms with van der Waals surface area (Å²) in [4.78, 5) is 2.26. The third kappa shape index (κ3) is 2.86. The molecule has 0 N–H and O–H groups in total. The van der Waals surface area contributed by atoms with Crippen LogP contribution in [0.25, 0.3) is 0 Å². The number of thiophene rings is 1. The van der Waals surface area contributed by atoms with Gasteiger partial charge in [0.15, 0.2) is 12.6 Å². The van der Waals surface area contributed by atoms with Gasteiger partial charge in [-0.15, -0.1) is 11.3 Å². The predicted molar refractivity (Wildman–Crippen MR) is 65.1 cm³/mol. The maximum atomic E-state index is 5.56. The average Bonchev–Trinajstić information content (AvgIpc) is 2.94. The minimum Gasteiger partial charge on any atom is -0.352 e. The van der Waals surface area contributed by atoms with Gasteiger partial charge in [0, 0.05) is 24.2 Å². The monoisotopic (exact) mass is 258 g/mol. The van der Waals surface area contributed by atoms with Gasteiger partial charge in [-0.05, 0) is 19.9 Å². The highest BCUT2D eigenvalue weighted by atomic mass is 32.1. The third-order valence-corrected chi connectivity index (χ3v) is 3.62. The molecule has 4 nitrogen and oxygen atoms in total. The normalized spacial score (nSPS) is 18.8. The van der Waals surface area contributed by atoms with Crippen LogP contribution in [-0.4, -0.2) is 26.9 Å². The molecule has 1 unspecified atom stereocenters. The van der Waals surface area contributed by atoms with Crippen LogP contribution in [0.4, 0.5) is 0 Å². The van der Waals surface area contributed by atoms with Crippen molar-refractivity contribution < 1.29 is 18.9 Å². The zero-order valence-corrected chi connectivity index (χ0v) is 11.2. The van der Waals surface area contributed by atoms with E-state index in [4.69, 9.17) is 18.9 Å². The first kappa shape index (κ1) is 13.0. The van der Waals surface area contributed by atoms with E-state index in [2.05, 4.69) is 13.0 Å². The molecule has 5 heteroatoms. The molecule has 0 saturated carbocycles. The molecule has 1 aromatic rings. The van der Waals surface area contributed by atoms with E-state index >= 15 is 0 Å². The SMILES string of the molecule is CCOC(OC)c1cc(C)sc1C1OCCO1. The average molecular weight is 258 g/mol. The summed E-state index contributed by atoms with van der Waals surface area (Å²) < 4.78 is 22.0. The van der Waals surface area contributed by atoms with Gasteiger partial charge in [-0.3, -0.25) is 0 Å². The van der Waals surface area contributed by atoms with Crippen molar-refractivity contribution in [3.63, 3.8) is 0 Å². The number of methoxy groups -OCH3 is 1. The number of aryl methyl sites for hydroxylation is 1. The number of rotatable bonds is 5. The highest BCUT2D eigenvalue weighted by molar-refractivity contribution is 7.12. The summed E-state index contributed by atoms with van der Waals surface area (Å²) in [6, 6.07) is 2.08. The minimum absolute atomic E-state index is 0.262. The molecular formula is C12H18O4S. The Morgan fingerprint density at radius 1 is 1.47 bits per heavy atom. The lowest BCUT2D eigenvalue weighted by Gasteiger charge is -2.17. The van der Waals surface area contributed by atoms with Gasteiger partial charge in [-0.1, -0.05) is 0 Å². The molecule has 0 amide bonds. The Hall–Kier alpha value is -0.460. The summed E-state index contributed by atoms with van der Waals surface area (Å²) in [5.74, 6) is 0. The van der Waals surface area contributed by atoms with E-state index in [1.165, 1.54) is 4.88 Å². The quantitative estimate of drug-likeness (QED) is 0.761. The Morgan fingerprint density at radius 2 is 2.18 bits per heavy atom. The van der Waals surface area contributed by atoms with E-state index in [1.807, 2.05) is 6.92 Å². The van der Waals surface area contributed by atoms with Crippen LogP contribution in [0.5, 0.6) is 0 Å². The van der Waals surface area contributed by atoms with Gasteiger partial charge in [0.1, 0.15) is 0 Å². The smallest absolute Gasteiger partial charge is 0.193 e. The molecule has 17 heavy (non-hydrogen) atoms. The number of hydrogen-bond donors (Lipinski definition) is 0. The van der Waals surface area contributed by atoms with Crippen LogP contribution in [-0.2, 0) is 18.9 Å². The number of ether oxygens (including phenoxy) is 4. The van der Waals surface area contributed by atoms with Crippen molar-refractivity contribution in [2.45, 2.75) is 26.4 Å². The first-order valence-electron chi connectivity index (χ1n) is 5.74. The second-order valence-corrected chi connectivity index (χ2v) is 5.06. The lowest BCUT2D eigenvalue weighted by atomic mass is 10.2. The van der Waals surface area contributed by atoms with Crippen LogP contribution in [0.15, 0.2) is 6.07 Å². The van der Waals surface area contributed by atoms with Crippen molar-refractivity contribution in [2.24, 2.45) is 0 Å². The van der Waals surface area contributed by atoms with Crippen molar-refractivity contribution in [1.29, 1.82) is 0 Å². The molecule has 0 spiro atoms. The first-order valence-corrected chi connectivity index (χ1v) is 6.55. The van der Waals surface area contributed by atoms with Crippen molar-refractivity contribution in [1.82, 2.24) is 0 Å². The fourth-order valence-electron chi connectivity index (χ4n) is 1.87. The van der Waals surface area contributed by atoms with Gasteiger partial charge in [0.25, 0.3) is 0 Å². The van der Waals surface area contributed by atoms with Crippen LogP contribution in [0.2, 0.25) is 0 Å². The standard InChI is InChI=1S/C12H18O4S/c1-4-14-11(13-3)9-7-8(2)17-10(9)12-15-5-6-16-12/h7,11-12H,4-6H2,1-3H3. The van der Waals surface area contributed by atoms with Crippen molar-refractivity contribution >= 4 is 11.3 Å². The van der Waals surface area contributed by atoms with Crippen LogP contribution in [0.3, 0.4) is 0 Å². The van der Waals surface area contributed by atoms with Crippen molar-refractivity contribution in [3.05, 3.63) is 21.4 Å². The Balaban J connectivity index is 2.24. The largest absolute Gasteiger partial charge is 0.352 e. The molecule has 0 aromatic carbocycles. The van der Waals surface area contributed by atoms with Gasteiger partial charge < -0.3 is 18.9 Å². The third-order valence-electron chi connectivity index (χ3n) is 2.54. The highest BCUT2D eigenvalue weighted by Crippen LogP contribution is 2.37. The zero-order chi connectivity index (χ0) is 12.3. The van der Waals surface area contributed by atoms with Gasteiger partial charge in [0.05, 0.1) is 18.1 Å². The molecule has 1 saturated heterocycles. The molecule has 96 valence electrons. The molecule has 0 radical (unpaired) electrons. The molecule has 1 aliphatic rings. The fraction of sp³-hybridized carbons (Fsp3) is 0.667. The molecule has 1 fully saturated rings. The molecule has 1 atom stereocenters. The van der Waals surface area contributed by atoms with E-state index in [1.54, 1.807) is 18.4 Å². The minimum atomic E-state index is -0.340. The topological polar surface area (TPSA) is 36.9 Å². The van der Waals surface area contributed by atoms with Crippen molar-refractivity contribution in [3.8, 4) is 0 Å². The lowest BCUT2D eigenvalue weighted by molar-refractivity contribution is -0.127. The number of hydrogen-bond acceptors (Lipinski definition) is 5. The summed E-state index contributed by atoms with van der Waals surface area (Å²) in [7, 11) is 1.65. The summed E-state index contributed by atoms with van der Waals surface area (Å²) in [6.45, 7) is 5.92. The summed E-state index contributed by atoms with van der Waals surface area (Å²) in [5, 5.41) is 0. The molecule has 2 heterocycles. The molecule has 0 bridgehead atoms. The van der Waals surface area contributed by atoms with E-state index in [0.29, 0.717) is 19.8 Å². The first-order chi connectivity index (χ1) is 8.26. The van der Waals surface area contributed by atoms with Crippen LogP contribution in [0, 0.1) is 6.92 Å². The summed E-state index contributed by atoms with van der Waals surface area (Å²) in [5.41, 5.74) is 1.02. The molecule has 0 aliphatic carbocycles. The van der Waals surface area contributed by atoms with Gasteiger partial charge in [-0.25, -0.2) is 0 Å².